The van der Waals surface area contributed by atoms with Gasteiger partial charge in [-0.25, -0.2) is 15.0 Å². The standard InChI is InChI=1S/C21H22N6O3/c1-26-19(28)11-17(16-7-8-23-13-24-16)25-21(26)27-9-2-10-30-18(12-27)14-3-5-15(6-4-14)20(22)29/h3-8,11,13,18H,2,9-10,12H2,1H3,(H2,22,29). The molecule has 1 amide bonds. The first-order chi connectivity index (χ1) is 14.5. The van der Waals surface area contributed by atoms with Gasteiger partial charge >= 0.3 is 0 Å². The van der Waals surface area contributed by atoms with Crippen LogP contribution in [0, 0.1) is 0 Å². The van der Waals surface area contributed by atoms with Gasteiger partial charge < -0.3 is 15.4 Å². The van der Waals surface area contributed by atoms with Gasteiger partial charge in [0.15, 0.2) is 0 Å². The van der Waals surface area contributed by atoms with Crippen molar-refractivity contribution in [2.24, 2.45) is 12.8 Å². The summed E-state index contributed by atoms with van der Waals surface area (Å²) in [4.78, 5) is 38.8. The van der Waals surface area contributed by atoms with E-state index in [9.17, 15) is 9.59 Å². The van der Waals surface area contributed by atoms with Gasteiger partial charge in [0.1, 0.15) is 12.4 Å². The Balaban J connectivity index is 1.66. The molecule has 3 aromatic rings. The molecular weight excluding hydrogens is 384 g/mol. The molecule has 1 saturated heterocycles. The molecule has 1 atom stereocenters. The normalized spacial score (nSPS) is 16.8. The highest BCUT2D eigenvalue weighted by molar-refractivity contribution is 5.92. The van der Waals surface area contributed by atoms with Gasteiger partial charge in [-0.05, 0) is 30.2 Å². The van der Waals surface area contributed by atoms with Crippen LogP contribution < -0.4 is 16.2 Å². The zero-order valence-corrected chi connectivity index (χ0v) is 16.6. The number of primary amides is 1. The molecular formula is C21H22N6O3. The van der Waals surface area contributed by atoms with Gasteiger partial charge in [0, 0.05) is 38.0 Å². The van der Waals surface area contributed by atoms with Crippen molar-refractivity contribution in [2.75, 3.05) is 24.6 Å². The highest BCUT2D eigenvalue weighted by Gasteiger charge is 2.24. The van der Waals surface area contributed by atoms with Crippen LogP contribution in [-0.4, -0.2) is 45.1 Å². The number of anilines is 1. The average Bonchev–Trinajstić information content (AvgIpc) is 3.02. The first-order valence-corrected chi connectivity index (χ1v) is 9.63. The summed E-state index contributed by atoms with van der Waals surface area (Å²) >= 11 is 0. The minimum atomic E-state index is -0.467. The van der Waals surface area contributed by atoms with E-state index in [2.05, 4.69) is 9.97 Å². The minimum absolute atomic E-state index is 0.166. The van der Waals surface area contributed by atoms with Crippen LogP contribution in [0.25, 0.3) is 11.4 Å². The van der Waals surface area contributed by atoms with Crippen molar-refractivity contribution in [3.63, 3.8) is 0 Å². The second-order valence-electron chi connectivity index (χ2n) is 7.08. The molecule has 1 aliphatic heterocycles. The molecule has 3 heterocycles. The van der Waals surface area contributed by atoms with Crippen LogP contribution >= 0.6 is 0 Å². The molecule has 2 aromatic heterocycles. The lowest BCUT2D eigenvalue weighted by molar-refractivity contribution is 0.0685. The molecule has 0 radical (unpaired) electrons. The Labute approximate surface area is 173 Å². The van der Waals surface area contributed by atoms with Gasteiger partial charge in [-0.15, -0.1) is 0 Å². The van der Waals surface area contributed by atoms with E-state index in [4.69, 9.17) is 15.5 Å². The number of rotatable bonds is 4. The first kappa shape index (κ1) is 19.7. The number of carbonyl (C=O) groups excluding carboxylic acids is 1. The molecule has 1 aromatic carbocycles. The fraction of sp³-hybridized carbons (Fsp3) is 0.286. The summed E-state index contributed by atoms with van der Waals surface area (Å²) in [7, 11) is 1.71. The molecule has 0 saturated carbocycles. The molecule has 9 nitrogen and oxygen atoms in total. The van der Waals surface area contributed by atoms with E-state index >= 15 is 0 Å². The lowest BCUT2D eigenvalue weighted by Crippen LogP contribution is -2.34. The van der Waals surface area contributed by atoms with Crippen molar-refractivity contribution >= 4 is 11.9 Å². The van der Waals surface area contributed by atoms with Crippen molar-refractivity contribution in [1.82, 2.24) is 19.5 Å². The summed E-state index contributed by atoms with van der Waals surface area (Å²) in [6.45, 7) is 1.80. The van der Waals surface area contributed by atoms with Gasteiger partial charge in [-0.2, -0.15) is 0 Å². The lowest BCUT2D eigenvalue weighted by Gasteiger charge is -2.26. The smallest absolute Gasteiger partial charge is 0.255 e. The maximum atomic E-state index is 12.6. The van der Waals surface area contributed by atoms with E-state index in [1.807, 2.05) is 17.0 Å². The zero-order chi connectivity index (χ0) is 21.1. The van der Waals surface area contributed by atoms with Crippen LogP contribution in [0.4, 0.5) is 5.95 Å². The van der Waals surface area contributed by atoms with Crippen LogP contribution in [-0.2, 0) is 11.8 Å². The number of carbonyl (C=O) groups is 1. The second-order valence-corrected chi connectivity index (χ2v) is 7.08. The number of benzene rings is 1. The molecule has 1 unspecified atom stereocenters. The van der Waals surface area contributed by atoms with Gasteiger partial charge in [-0.1, -0.05) is 12.1 Å². The topological polar surface area (TPSA) is 116 Å². The number of nitrogens with two attached hydrogens (primary N) is 1. The predicted molar refractivity (Wildman–Crippen MR) is 111 cm³/mol. The van der Waals surface area contributed by atoms with Gasteiger partial charge in [0.25, 0.3) is 5.56 Å². The quantitative estimate of drug-likeness (QED) is 0.694. The van der Waals surface area contributed by atoms with E-state index in [0.29, 0.717) is 42.6 Å². The third kappa shape index (κ3) is 4.06. The molecule has 0 bridgehead atoms. The van der Waals surface area contributed by atoms with Gasteiger partial charge in [0.05, 0.1) is 17.9 Å². The van der Waals surface area contributed by atoms with Crippen LogP contribution in [0.15, 0.2) is 53.7 Å². The highest BCUT2D eigenvalue weighted by atomic mass is 16.5. The minimum Gasteiger partial charge on any atom is -0.372 e. The van der Waals surface area contributed by atoms with Gasteiger partial charge in [0.2, 0.25) is 11.9 Å². The van der Waals surface area contributed by atoms with Crippen LogP contribution in [0.5, 0.6) is 0 Å². The van der Waals surface area contributed by atoms with E-state index < -0.39 is 5.91 Å². The largest absolute Gasteiger partial charge is 0.372 e. The highest BCUT2D eigenvalue weighted by Crippen LogP contribution is 2.25. The Kier molecular flexibility index (Phi) is 5.53. The summed E-state index contributed by atoms with van der Waals surface area (Å²) in [5.74, 6) is 0.0890. The maximum Gasteiger partial charge on any atom is 0.255 e. The van der Waals surface area contributed by atoms with E-state index in [0.717, 1.165) is 12.0 Å². The number of hydrogen-bond donors (Lipinski definition) is 1. The van der Waals surface area contributed by atoms with E-state index in [1.54, 1.807) is 31.4 Å². The fourth-order valence-corrected chi connectivity index (χ4v) is 3.45. The van der Waals surface area contributed by atoms with Gasteiger partial charge in [-0.3, -0.25) is 14.2 Å². The number of nitrogens with zero attached hydrogens (tertiary/aromatic N) is 5. The van der Waals surface area contributed by atoms with Crippen molar-refractivity contribution in [1.29, 1.82) is 0 Å². The summed E-state index contributed by atoms with van der Waals surface area (Å²) in [5.41, 5.74) is 7.64. The molecule has 154 valence electrons. The summed E-state index contributed by atoms with van der Waals surface area (Å²) in [6, 6.07) is 10.3. The second kappa shape index (κ2) is 8.42. The number of hydrogen-bond acceptors (Lipinski definition) is 7. The van der Waals surface area contributed by atoms with Crippen LogP contribution in [0.2, 0.25) is 0 Å². The molecule has 0 spiro atoms. The monoisotopic (exact) mass is 406 g/mol. The lowest BCUT2D eigenvalue weighted by atomic mass is 10.1. The summed E-state index contributed by atoms with van der Waals surface area (Å²) < 4.78 is 7.56. The first-order valence-electron chi connectivity index (χ1n) is 9.63. The van der Waals surface area contributed by atoms with Crippen LogP contribution in [0.1, 0.15) is 28.4 Å². The number of amides is 1. The third-order valence-corrected chi connectivity index (χ3v) is 5.08. The Morgan fingerprint density at radius 3 is 2.70 bits per heavy atom. The Bertz CT molecular complexity index is 1100. The SMILES string of the molecule is Cn1c(N2CCCOC(c3ccc(C(N)=O)cc3)C2)nc(-c2ccncn2)cc1=O. The molecule has 4 rings (SSSR count). The van der Waals surface area contributed by atoms with E-state index in [-0.39, 0.29) is 11.7 Å². The van der Waals surface area contributed by atoms with Crippen molar-refractivity contribution in [3.8, 4) is 11.4 Å². The predicted octanol–water partition coefficient (Wildman–Crippen LogP) is 1.30. The molecule has 0 aliphatic carbocycles. The number of ether oxygens (including phenoxy) is 1. The van der Waals surface area contributed by atoms with Crippen molar-refractivity contribution in [2.45, 2.75) is 12.5 Å². The molecule has 2 N–H and O–H groups in total. The average molecular weight is 406 g/mol. The summed E-state index contributed by atoms with van der Waals surface area (Å²) in [6.07, 6.45) is 3.62. The molecule has 30 heavy (non-hydrogen) atoms. The zero-order valence-electron chi connectivity index (χ0n) is 16.6. The summed E-state index contributed by atoms with van der Waals surface area (Å²) in [5, 5.41) is 0. The molecule has 9 heteroatoms. The molecule has 1 fully saturated rings. The Hall–Kier alpha value is -3.59. The number of aromatic nitrogens is 4. The maximum absolute atomic E-state index is 12.6. The fourth-order valence-electron chi connectivity index (χ4n) is 3.45. The van der Waals surface area contributed by atoms with Crippen molar-refractivity contribution < 1.29 is 9.53 Å². The third-order valence-electron chi connectivity index (χ3n) is 5.08. The molecule has 1 aliphatic rings. The van der Waals surface area contributed by atoms with Crippen molar-refractivity contribution in [3.05, 3.63) is 70.4 Å². The van der Waals surface area contributed by atoms with E-state index in [1.165, 1.54) is 17.0 Å². The van der Waals surface area contributed by atoms with Crippen LogP contribution in [0.3, 0.4) is 0 Å². The Morgan fingerprint density at radius 1 is 1.20 bits per heavy atom. The Morgan fingerprint density at radius 2 is 2.00 bits per heavy atom.